The molecular weight excluding hydrogens is 206 g/mol. The van der Waals surface area contributed by atoms with Crippen molar-refractivity contribution in [3.8, 4) is 0 Å². The lowest BCUT2D eigenvalue weighted by molar-refractivity contribution is 0.0999. The third-order valence-electron chi connectivity index (χ3n) is 1.72. The fraction of sp³-hybridized carbons (Fsp3) is 0.364. The summed E-state index contributed by atoms with van der Waals surface area (Å²) in [4.78, 5) is 10.6. The Hall–Kier alpha value is -1.13. The molecule has 4 heteroatoms. The van der Waals surface area contributed by atoms with Crippen molar-refractivity contribution >= 4 is 16.1 Å². The van der Waals surface area contributed by atoms with Crippen LogP contribution in [0.3, 0.4) is 0 Å². The SMILES string of the molecule is CCOC[Si].Cc1ccccc1C(N)=O. The summed E-state index contributed by atoms with van der Waals surface area (Å²) in [6, 6.07) is 7.26. The molecular formula is C11H16NO2Si. The zero-order valence-electron chi connectivity index (χ0n) is 9.12. The van der Waals surface area contributed by atoms with Gasteiger partial charge in [-0.3, -0.25) is 4.79 Å². The zero-order chi connectivity index (χ0) is 11.7. The predicted molar refractivity (Wildman–Crippen MR) is 61.9 cm³/mol. The van der Waals surface area contributed by atoms with Crippen LogP contribution in [0.15, 0.2) is 24.3 Å². The molecule has 0 unspecified atom stereocenters. The summed E-state index contributed by atoms with van der Waals surface area (Å²) in [5.74, 6) is -0.363. The van der Waals surface area contributed by atoms with Crippen LogP contribution in [0.5, 0.6) is 0 Å². The van der Waals surface area contributed by atoms with Gasteiger partial charge in [-0.25, -0.2) is 0 Å². The van der Waals surface area contributed by atoms with Crippen LogP contribution in [0.1, 0.15) is 22.8 Å². The molecule has 1 amide bonds. The Labute approximate surface area is 94.0 Å². The summed E-state index contributed by atoms with van der Waals surface area (Å²) < 4.78 is 4.75. The number of hydrogen-bond acceptors (Lipinski definition) is 2. The number of benzene rings is 1. The van der Waals surface area contributed by atoms with E-state index in [1.165, 1.54) is 0 Å². The van der Waals surface area contributed by atoms with Gasteiger partial charge in [-0.05, 0) is 25.5 Å². The van der Waals surface area contributed by atoms with E-state index in [4.69, 9.17) is 10.5 Å². The van der Waals surface area contributed by atoms with Gasteiger partial charge >= 0.3 is 0 Å². The first-order valence-corrected chi connectivity index (χ1v) is 5.42. The summed E-state index contributed by atoms with van der Waals surface area (Å²) in [6.45, 7) is 4.61. The first-order chi connectivity index (χ1) is 7.13. The van der Waals surface area contributed by atoms with Gasteiger partial charge in [0.15, 0.2) is 0 Å². The van der Waals surface area contributed by atoms with Gasteiger partial charge in [0.1, 0.15) is 0 Å². The summed E-state index contributed by atoms with van der Waals surface area (Å²) >= 11 is 0. The molecule has 0 fully saturated rings. The molecule has 3 radical (unpaired) electrons. The summed E-state index contributed by atoms with van der Waals surface area (Å²) in [5.41, 5.74) is 6.60. The maximum Gasteiger partial charge on any atom is 0.248 e. The summed E-state index contributed by atoms with van der Waals surface area (Å²) in [6.07, 6.45) is 0.649. The van der Waals surface area contributed by atoms with Gasteiger partial charge in [-0.2, -0.15) is 0 Å². The Balaban J connectivity index is 0.000000336. The van der Waals surface area contributed by atoms with Gasteiger partial charge in [-0.1, -0.05) is 18.2 Å². The smallest absolute Gasteiger partial charge is 0.248 e. The molecule has 2 N–H and O–H groups in total. The predicted octanol–water partition coefficient (Wildman–Crippen LogP) is 1.24. The molecule has 0 spiro atoms. The second kappa shape index (κ2) is 8.20. The highest BCUT2D eigenvalue weighted by molar-refractivity contribution is 6.08. The van der Waals surface area contributed by atoms with Crippen LogP contribution in [-0.4, -0.2) is 29.0 Å². The molecule has 0 saturated heterocycles. The number of hydrogen-bond donors (Lipinski definition) is 1. The van der Waals surface area contributed by atoms with Crippen molar-refractivity contribution in [2.45, 2.75) is 13.8 Å². The number of carbonyl (C=O) groups excluding carboxylic acids is 1. The second-order valence-electron chi connectivity index (χ2n) is 2.82. The van der Waals surface area contributed by atoms with E-state index in [1.807, 2.05) is 26.0 Å². The van der Waals surface area contributed by atoms with Crippen LogP contribution in [0.4, 0.5) is 0 Å². The number of ether oxygens (including phenoxy) is 1. The fourth-order valence-electron chi connectivity index (χ4n) is 0.951. The Bertz CT molecular complexity index is 300. The molecule has 0 saturated carbocycles. The molecule has 1 rings (SSSR count). The van der Waals surface area contributed by atoms with Gasteiger partial charge in [0, 0.05) is 18.4 Å². The van der Waals surface area contributed by atoms with Crippen LogP contribution >= 0.6 is 0 Å². The minimum Gasteiger partial charge on any atom is -0.386 e. The van der Waals surface area contributed by atoms with Crippen LogP contribution in [0.2, 0.25) is 0 Å². The van der Waals surface area contributed by atoms with Crippen molar-refractivity contribution in [3.63, 3.8) is 0 Å². The van der Waals surface area contributed by atoms with Crippen LogP contribution in [-0.2, 0) is 4.74 Å². The van der Waals surface area contributed by atoms with Crippen molar-refractivity contribution < 1.29 is 9.53 Å². The molecule has 0 heterocycles. The average Bonchev–Trinajstić information content (AvgIpc) is 2.20. The molecule has 3 nitrogen and oxygen atoms in total. The number of carbonyl (C=O) groups is 1. The lowest BCUT2D eigenvalue weighted by Gasteiger charge is -1.97. The first-order valence-electron chi connectivity index (χ1n) is 4.71. The third-order valence-corrected chi connectivity index (χ3v) is 1.92. The maximum atomic E-state index is 10.6. The standard InChI is InChI=1S/C8H9NO.C3H7OSi/c1-6-4-2-3-5-7(6)8(9)10;1-2-4-3-5/h2-5H,1H3,(H2,9,10);2-3H2,1H3. The van der Waals surface area contributed by atoms with Crippen molar-refractivity contribution in [2.75, 3.05) is 12.8 Å². The molecule has 15 heavy (non-hydrogen) atoms. The summed E-state index contributed by atoms with van der Waals surface area (Å²) in [5, 5.41) is 0. The fourth-order valence-corrected chi connectivity index (χ4v) is 1.16. The number of nitrogens with two attached hydrogens (primary N) is 1. The van der Waals surface area contributed by atoms with Crippen LogP contribution in [0.25, 0.3) is 0 Å². The Morgan fingerprint density at radius 2 is 2.07 bits per heavy atom. The molecule has 0 atom stereocenters. The van der Waals surface area contributed by atoms with E-state index in [2.05, 4.69) is 10.2 Å². The van der Waals surface area contributed by atoms with Gasteiger partial charge in [0.05, 0.1) is 10.2 Å². The highest BCUT2D eigenvalue weighted by atomic mass is 28.1. The Morgan fingerprint density at radius 1 is 1.47 bits per heavy atom. The average molecular weight is 222 g/mol. The normalized spacial score (nSPS) is 9.00. The Kier molecular flexibility index (Phi) is 7.58. The number of aryl methyl sites for hydroxylation is 1. The van der Waals surface area contributed by atoms with E-state index in [1.54, 1.807) is 12.1 Å². The molecule has 0 aromatic heterocycles. The van der Waals surface area contributed by atoms with E-state index in [-0.39, 0.29) is 5.91 Å². The highest BCUT2D eigenvalue weighted by Gasteiger charge is 2.00. The number of primary amides is 1. The molecule has 0 bridgehead atoms. The number of rotatable bonds is 3. The quantitative estimate of drug-likeness (QED) is 0.782. The van der Waals surface area contributed by atoms with Crippen LogP contribution < -0.4 is 5.73 Å². The molecule has 0 aliphatic carbocycles. The molecule has 0 aliphatic heterocycles. The van der Waals surface area contributed by atoms with Crippen molar-refractivity contribution in [3.05, 3.63) is 35.4 Å². The van der Waals surface area contributed by atoms with Gasteiger partial charge in [0.25, 0.3) is 0 Å². The molecule has 81 valence electrons. The number of amides is 1. The highest BCUT2D eigenvalue weighted by Crippen LogP contribution is 2.04. The summed E-state index contributed by atoms with van der Waals surface area (Å²) in [7, 11) is 3.13. The monoisotopic (exact) mass is 222 g/mol. The second-order valence-corrected chi connectivity index (χ2v) is 3.10. The largest absolute Gasteiger partial charge is 0.386 e. The van der Waals surface area contributed by atoms with E-state index >= 15 is 0 Å². The topological polar surface area (TPSA) is 52.3 Å². The molecule has 0 aliphatic rings. The van der Waals surface area contributed by atoms with E-state index in [9.17, 15) is 4.79 Å². The van der Waals surface area contributed by atoms with Crippen molar-refractivity contribution in [1.82, 2.24) is 0 Å². The van der Waals surface area contributed by atoms with E-state index < -0.39 is 0 Å². The van der Waals surface area contributed by atoms with E-state index in [0.29, 0.717) is 11.8 Å². The van der Waals surface area contributed by atoms with Crippen molar-refractivity contribution in [1.29, 1.82) is 0 Å². The van der Waals surface area contributed by atoms with Crippen molar-refractivity contribution in [2.24, 2.45) is 5.73 Å². The van der Waals surface area contributed by atoms with Gasteiger partial charge in [-0.15, -0.1) is 0 Å². The zero-order valence-corrected chi connectivity index (χ0v) is 10.1. The minimum absolute atomic E-state index is 0.363. The lowest BCUT2D eigenvalue weighted by atomic mass is 10.1. The van der Waals surface area contributed by atoms with Crippen LogP contribution in [0, 0.1) is 6.92 Å². The van der Waals surface area contributed by atoms with E-state index in [0.717, 1.165) is 12.2 Å². The van der Waals surface area contributed by atoms with Gasteiger partial charge < -0.3 is 10.5 Å². The third kappa shape index (κ3) is 6.04. The Morgan fingerprint density at radius 3 is 2.33 bits per heavy atom. The first kappa shape index (κ1) is 13.9. The van der Waals surface area contributed by atoms with Gasteiger partial charge in [0.2, 0.25) is 5.91 Å². The molecule has 1 aromatic carbocycles. The molecule has 1 aromatic rings. The maximum absolute atomic E-state index is 10.6. The minimum atomic E-state index is -0.363. The lowest BCUT2D eigenvalue weighted by Crippen LogP contribution is -2.12.